The lowest BCUT2D eigenvalue weighted by atomic mass is 9.57. The summed E-state index contributed by atoms with van der Waals surface area (Å²) in [5.74, 6) is -5.58. The number of ketones is 2. The standard InChI is InChI=1S/C29H37N3O8/c1-31(2)22-17-9-14-8-16-20(18(33)10-15(25(16)40-4)12-32(3)11-13-6-5-7-13)23(34)19(14)26(36)29(17,39)27(37)21(24(22)35)28(30)38/h10,13-14,17,22,33-34,37,39H,5-9,11-12H2,1-4H3,(H2,30,38)/t14-,17-,22-,29-/m0/s1. The molecule has 2 saturated carbocycles. The second kappa shape index (κ2) is 9.90. The Kier molecular flexibility index (Phi) is 6.96. The van der Waals surface area contributed by atoms with Gasteiger partial charge in [0.2, 0.25) is 5.78 Å². The van der Waals surface area contributed by atoms with E-state index in [1.165, 1.54) is 37.3 Å². The number of nitrogens with two attached hydrogens (primary N) is 1. The summed E-state index contributed by atoms with van der Waals surface area (Å²) in [4.78, 5) is 42.9. The van der Waals surface area contributed by atoms with Crippen LogP contribution in [0.2, 0.25) is 0 Å². The number of Topliss-reactive ketones (excluding diaryl/α,β-unsaturated/α-hetero) is 2. The van der Waals surface area contributed by atoms with E-state index >= 15 is 0 Å². The monoisotopic (exact) mass is 555 g/mol. The summed E-state index contributed by atoms with van der Waals surface area (Å²) in [6.45, 7) is 1.42. The van der Waals surface area contributed by atoms with Crippen LogP contribution in [-0.4, -0.2) is 94.1 Å². The topological polar surface area (TPSA) is 174 Å². The van der Waals surface area contributed by atoms with Gasteiger partial charge in [-0.25, -0.2) is 0 Å². The molecule has 0 bridgehead atoms. The van der Waals surface area contributed by atoms with Crippen molar-refractivity contribution >= 4 is 23.2 Å². The fourth-order valence-corrected chi connectivity index (χ4v) is 7.20. The maximum atomic E-state index is 13.9. The Hall–Kier alpha value is -3.41. The van der Waals surface area contributed by atoms with Crippen LogP contribution in [0.4, 0.5) is 0 Å². The van der Waals surface area contributed by atoms with Crippen molar-refractivity contribution in [2.75, 3.05) is 34.8 Å². The van der Waals surface area contributed by atoms with E-state index in [1.54, 1.807) is 14.1 Å². The predicted molar refractivity (Wildman–Crippen MR) is 144 cm³/mol. The van der Waals surface area contributed by atoms with Crippen LogP contribution >= 0.6 is 0 Å². The summed E-state index contributed by atoms with van der Waals surface area (Å²) >= 11 is 0. The van der Waals surface area contributed by atoms with Gasteiger partial charge in [0, 0.05) is 35.7 Å². The first-order valence-corrected chi connectivity index (χ1v) is 13.6. The molecule has 0 unspecified atom stereocenters. The molecule has 0 aliphatic heterocycles. The van der Waals surface area contributed by atoms with E-state index in [-0.39, 0.29) is 29.7 Å². The molecule has 0 spiro atoms. The summed E-state index contributed by atoms with van der Waals surface area (Å²) in [6.07, 6.45) is 3.85. The molecular weight excluding hydrogens is 518 g/mol. The number of methoxy groups -OCH3 is 1. The maximum Gasteiger partial charge on any atom is 0.255 e. The number of ether oxygens (including phenoxy) is 1. The van der Waals surface area contributed by atoms with Crippen molar-refractivity contribution in [3.05, 3.63) is 39.7 Å². The van der Waals surface area contributed by atoms with E-state index in [4.69, 9.17) is 10.5 Å². The highest BCUT2D eigenvalue weighted by atomic mass is 16.5. The molecule has 11 nitrogen and oxygen atoms in total. The molecule has 216 valence electrons. The third-order valence-electron chi connectivity index (χ3n) is 9.19. The van der Waals surface area contributed by atoms with Gasteiger partial charge >= 0.3 is 0 Å². The van der Waals surface area contributed by atoms with Crippen molar-refractivity contribution in [3.63, 3.8) is 0 Å². The zero-order valence-corrected chi connectivity index (χ0v) is 23.2. The Bertz CT molecular complexity index is 1360. The summed E-state index contributed by atoms with van der Waals surface area (Å²) < 4.78 is 5.79. The Morgan fingerprint density at radius 3 is 2.40 bits per heavy atom. The smallest absolute Gasteiger partial charge is 0.255 e. The van der Waals surface area contributed by atoms with Crippen molar-refractivity contribution < 1.29 is 39.5 Å². The molecule has 4 aliphatic rings. The Morgan fingerprint density at radius 1 is 1.18 bits per heavy atom. The van der Waals surface area contributed by atoms with Crippen LogP contribution in [0.15, 0.2) is 23.0 Å². The number of likely N-dealkylation sites (N-methyl/N-ethyl adjacent to an activating group) is 1. The van der Waals surface area contributed by atoms with Gasteiger partial charge in [0.1, 0.15) is 28.6 Å². The lowest BCUT2D eigenvalue weighted by Gasteiger charge is -2.50. The first-order valence-electron chi connectivity index (χ1n) is 13.6. The summed E-state index contributed by atoms with van der Waals surface area (Å²) in [6, 6.07) is 0.389. The third-order valence-corrected chi connectivity index (χ3v) is 9.19. The molecule has 1 aromatic rings. The average Bonchev–Trinajstić information content (AvgIpc) is 2.83. The number of nitrogens with zero attached hydrogens (tertiary/aromatic N) is 2. The van der Waals surface area contributed by atoms with E-state index in [2.05, 4.69) is 4.90 Å². The number of carbonyl (C=O) groups is 3. The predicted octanol–water partition coefficient (Wildman–Crippen LogP) is 1.20. The van der Waals surface area contributed by atoms with Crippen molar-refractivity contribution in [1.29, 1.82) is 0 Å². The number of rotatable bonds is 7. The van der Waals surface area contributed by atoms with Gasteiger partial charge in [-0.1, -0.05) is 6.42 Å². The number of amides is 1. The maximum absolute atomic E-state index is 13.9. The number of aliphatic hydroxyl groups excluding tert-OH is 2. The summed E-state index contributed by atoms with van der Waals surface area (Å²) in [7, 11) is 6.66. The summed E-state index contributed by atoms with van der Waals surface area (Å²) in [5.41, 5.74) is 2.99. The molecule has 11 heteroatoms. The molecule has 4 atom stereocenters. The van der Waals surface area contributed by atoms with Gasteiger partial charge in [-0.05, 0) is 64.7 Å². The van der Waals surface area contributed by atoms with Crippen molar-refractivity contribution in [2.45, 2.75) is 50.3 Å². The molecule has 6 N–H and O–H groups in total. The largest absolute Gasteiger partial charge is 0.508 e. The molecule has 0 saturated heterocycles. The first-order chi connectivity index (χ1) is 18.8. The minimum absolute atomic E-state index is 0.0264. The number of phenolic OH excluding ortho intramolecular Hbond substituents is 1. The molecule has 40 heavy (non-hydrogen) atoms. The first kappa shape index (κ1) is 28.1. The molecule has 0 aromatic heterocycles. The second-order valence-corrected chi connectivity index (χ2v) is 11.9. The van der Waals surface area contributed by atoms with E-state index in [1.807, 2.05) is 7.05 Å². The van der Waals surface area contributed by atoms with E-state index in [9.17, 15) is 34.8 Å². The highest BCUT2D eigenvalue weighted by molar-refractivity contribution is 6.24. The fraction of sp³-hybridized carbons (Fsp3) is 0.552. The number of carbonyl (C=O) groups excluding carboxylic acids is 3. The number of benzene rings is 1. The molecule has 5 rings (SSSR count). The number of aromatic hydroxyl groups is 1. The molecule has 0 radical (unpaired) electrons. The Balaban J connectivity index is 1.62. The van der Waals surface area contributed by atoms with Crippen molar-refractivity contribution in [3.8, 4) is 11.5 Å². The number of hydrogen-bond donors (Lipinski definition) is 5. The number of phenols is 1. The zero-order chi connectivity index (χ0) is 29.3. The molecule has 4 aliphatic carbocycles. The molecule has 1 amide bonds. The third kappa shape index (κ3) is 4.02. The van der Waals surface area contributed by atoms with Gasteiger partial charge < -0.3 is 35.8 Å². The van der Waals surface area contributed by atoms with E-state index in [0.29, 0.717) is 23.8 Å². The van der Waals surface area contributed by atoms with Crippen LogP contribution in [-0.2, 0) is 27.3 Å². The number of hydrogen-bond acceptors (Lipinski definition) is 10. The highest BCUT2D eigenvalue weighted by Crippen LogP contribution is 2.54. The fourth-order valence-electron chi connectivity index (χ4n) is 7.20. The lowest BCUT2D eigenvalue weighted by Crippen LogP contribution is -2.65. The Labute approximate surface area is 232 Å². The van der Waals surface area contributed by atoms with Gasteiger partial charge in [0.05, 0.1) is 18.7 Å². The second-order valence-electron chi connectivity index (χ2n) is 11.9. The van der Waals surface area contributed by atoms with Crippen molar-refractivity contribution in [2.24, 2.45) is 23.5 Å². The van der Waals surface area contributed by atoms with Gasteiger partial charge in [0.25, 0.3) is 5.91 Å². The van der Waals surface area contributed by atoms with Crippen LogP contribution < -0.4 is 10.5 Å². The average molecular weight is 556 g/mol. The molecular formula is C29H37N3O8. The van der Waals surface area contributed by atoms with Crippen LogP contribution in [0.3, 0.4) is 0 Å². The van der Waals surface area contributed by atoms with Gasteiger partial charge in [-0.15, -0.1) is 0 Å². The van der Waals surface area contributed by atoms with Gasteiger partial charge in [-0.3, -0.25) is 19.3 Å². The van der Waals surface area contributed by atoms with E-state index < -0.39 is 58.0 Å². The van der Waals surface area contributed by atoms with Crippen LogP contribution in [0, 0.1) is 17.8 Å². The molecule has 0 heterocycles. The van der Waals surface area contributed by atoms with Crippen LogP contribution in [0.5, 0.6) is 11.5 Å². The number of fused-ring (bicyclic) bond motifs is 3. The normalized spacial score (nSPS) is 28.4. The lowest BCUT2D eigenvalue weighted by molar-refractivity contribution is -0.153. The van der Waals surface area contributed by atoms with Crippen LogP contribution in [0.25, 0.3) is 5.76 Å². The zero-order valence-electron chi connectivity index (χ0n) is 23.2. The minimum atomic E-state index is -2.66. The summed E-state index contributed by atoms with van der Waals surface area (Å²) in [5, 5.41) is 45.1. The van der Waals surface area contributed by atoms with Crippen molar-refractivity contribution in [1.82, 2.24) is 9.80 Å². The van der Waals surface area contributed by atoms with Gasteiger partial charge in [-0.2, -0.15) is 0 Å². The minimum Gasteiger partial charge on any atom is -0.508 e. The quantitative estimate of drug-likeness (QED) is 0.308. The SMILES string of the molecule is COc1c(CN(C)CC2CCC2)cc(O)c2c1C[C@H]1C[C@H]3[C@H](N(C)C)C(=O)C(C(N)=O)=C(O)[C@@]3(O)C(=O)C1=C2O. The number of aliphatic hydroxyl groups is 3. The van der Waals surface area contributed by atoms with E-state index in [0.717, 1.165) is 12.1 Å². The highest BCUT2D eigenvalue weighted by Gasteiger charge is 2.64. The molecule has 2 fully saturated rings. The number of primary amides is 1. The molecule has 1 aromatic carbocycles. The Morgan fingerprint density at radius 2 is 1.85 bits per heavy atom. The van der Waals surface area contributed by atoms with Gasteiger partial charge in [0.15, 0.2) is 11.4 Å². The van der Waals surface area contributed by atoms with Crippen LogP contribution in [0.1, 0.15) is 42.4 Å².